The Balaban J connectivity index is 2.37. The van der Waals surface area contributed by atoms with E-state index < -0.39 is 6.09 Å². The van der Waals surface area contributed by atoms with Crippen molar-refractivity contribution in [2.24, 2.45) is 0 Å². The second-order valence-corrected chi connectivity index (χ2v) is 3.35. The number of hydrogen-bond acceptors (Lipinski definition) is 2. The fraction of sp³-hybridized carbons (Fsp3) is 0.364. The van der Waals surface area contributed by atoms with E-state index in [4.69, 9.17) is 10.2 Å². The average Bonchev–Trinajstić information content (AvgIpc) is 2.25. The minimum absolute atomic E-state index is 0.168. The zero-order valence-corrected chi connectivity index (χ0v) is 8.39. The summed E-state index contributed by atoms with van der Waals surface area (Å²) in [6.07, 6.45) is 0.265. The van der Waals surface area contributed by atoms with Gasteiger partial charge in [-0.05, 0) is 18.4 Å². The van der Waals surface area contributed by atoms with Gasteiger partial charge in [0.05, 0.1) is 12.6 Å². The third-order valence-corrected chi connectivity index (χ3v) is 2.17. The Labute approximate surface area is 88.6 Å². The Bertz CT molecular complexity index is 300. The van der Waals surface area contributed by atoms with Crippen molar-refractivity contribution in [3.63, 3.8) is 0 Å². The number of hydrogen-bond donors (Lipinski definition) is 3. The summed E-state index contributed by atoms with van der Waals surface area (Å²) in [5, 5.41) is 19.7. The van der Waals surface area contributed by atoms with Crippen LogP contribution in [-0.4, -0.2) is 29.0 Å². The number of aliphatic hydroxyl groups excluding tert-OH is 1. The Morgan fingerprint density at radius 2 is 2.00 bits per heavy atom. The van der Waals surface area contributed by atoms with Gasteiger partial charge in [-0.15, -0.1) is 0 Å². The third kappa shape index (κ3) is 4.46. The molecule has 4 heteroatoms. The van der Waals surface area contributed by atoms with Gasteiger partial charge >= 0.3 is 6.09 Å². The quantitative estimate of drug-likeness (QED) is 0.683. The normalized spacial score (nSPS) is 12.1. The van der Waals surface area contributed by atoms with Crippen molar-refractivity contribution in [3.8, 4) is 0 Å². The van der Waals surface area contributed by atoms with E-state index in [1.807, 2.05) is 30.3 Å². The van der Waals surface area contributed by atoms with Crippen LogP contribution >= 0.6 is 0 Å². The van der Waals surface area contributed by atoms with Crippen molar-refractivity contribution < 1.29 is 15.0 Å². The molecule has 0 radical (unpaired) electrons. The van der Waals surface area contributed by atoms with Crippen molar-refractivity contribution in [3.05, 3.63) is 35.9 Å². The zero-order valence-electron chi connectivity index (χ0n) is 8.39. The van der Waals surface area contributed by atoms with E-state index in [1.165, 1.54) is 0 Å². The first-order valence-electron chi connectivity index (χ1n) is 4.86. The Hall–Kier alpha value is -1.55. The van der Waals surface area contributed by atoms with Gasteiger partial charge in [-0.2, -0.15) is 0 Å². The van der Waals surface area contributed by atoms with E-state index in [0.717, 1.165) is 12.0 Å². The predicted octanol–water partition coefficient (Wildman–Crippen LogP) is 1.25. The molecule has 0 aliphatic rings. The highest BCUT2D eigenvalue weighted by molar-refractivity contribution is 5.64. The van der Waals surface area contributed by atoms with E-state index in [1.54, 1.807) is 0 Å². The van der Waals surface area contributed by atoms with Gasteiger partial charge in [-0.3, -0.25) is 0 Å². The van der Waals surface area contributed by atoms with Gasteiger partial charge in [-0.25, -0.2) is 4.79 Å². The lowest BCUT2D eigenvalue weighted by Crippen LogP contribution is -2.36. The second kappa shape index (κ2) is 6.03. The van der Waals surface area contributed by atoms with Gasteiger partial charge in [0, 0.05) is 0 Å². The first kappa shape index (κ1) is 11.5. The van der Waals surface area contributed by atoms with Gasteiger partial charge in [0.25, 0.3) is 0 Å². The number of aryl methyl sites for hydroxylation is 1. The SMILES string of the molecule is O=C(O)N[C@@H](CO)CCc1ccccc1. The first-order valence-corrected chi connectivity index (χ1v) is 4.86. The maximum Gasteiger partial charge on any atom is 0.404 e. The molecule has 0 aliphatic carbocycles. The van der Waals surface area contributed by atoms with Gasteiger partial charge < -0.3 is 15.5 Å². The number of carboxylic acid groups (broad SMARTS) is 1. The lowest BCUT2D eigenvalue weighted by molar-refractivity contribution is 0.175. The Kier molecular flexibility index (Phi) is 4.63. The van der Waals surface area contributed by atoms with Crippen LogP contribution in [0.1, 0.15) is 12.0 Å². The molecule has 0 spiro atoms. The average molecular weight is 209 g/mol. The molecule has 0 aliphatic heterocycles. The maximum absolute atomic E-state index is 10.4. The molecule has 0 heterocycles. The molecular weight excluding hydrogens is 194 g/mol. The van der Waals surface area contributed by atoms with Crippen LogP contribution in [-0.2, 0) is 6.42 Å². The van der Waals surface area contributed by atoms with Crippen LogP contribution in [0.2, 0.25) is 0 Å². The van der Waals surface area contributed by atoms with Crippen LogP contribution in [0.15, 0.2) is 30.3 Å². The molecule has 0 saturated heterocycles. The highest BCUT2D eigenvalue weighted by atomic mass is 16.4. The Morgan fingerprint density at radius 3 is 2.53 bits per heavy atom. The monoisotopic (exact) mass is 209 g/mol. The fourth-order valence-corrected chi connectivity index (χ4v) is 1.37. The van der Waals surface area contributed by atoms with E-state index in [2.05, 4.69) is 5.32 Å². The maximum atomic E-state index is 10.4. The first-order chi connectivity index (χ1) is 7.22. The summed E-state index contributed by atoms with van der Waals surface area (Å²) in [4.78, 5) is 10.4. The number of rotatable bonds is 5. The summed E-state index contributed by atoms with van der Waals surface area (Å²) >= 11 is 0. The summed E-state index contributed by atoms with van der Waals surface area (Å²) in [5.41, 5.74) is 1.14. The van der Waals surface area contributed by atoms with Crippen molar-refractivity contribution >= 4 is 6.09 Å². The molecule has 1 rings (SSSR count). The van der Waals surface area contributed by atoms with E-state index >= 15 is 0 Å². The lowest BCUT2D eigenvalue weighted by Gasteiger charge is -2.13. The minimum Gasteiger partial charge on any atom is -0.465 e. The van der Waals surface area contributed by atoms with Crippen LogP contribution in [0, 0.1) is 0 Å². The standard InChI is InChI=1S/C11H15NO3/c13-8-10(12-11(14)15)7-6-9-4-2-1-3-5-9/h1-5,10,12-13H,6-8H2,(H,14,15)/t10-/m1/s1. The topological polar surface area (TPSA) is 69.6 Å². The smallest absolute Gasteiger partial charge is 0.404 e. The molecule has 1 amide bonds. The van der Waals surface area contributed by atoms with Gasteiger partial charge in [0.15, 0.2) is 0 Å². The predicted molar refractivity (Wildman–Crippen MR) is 56.8 cm³/mol. The van der Waals surface area contributed by atoms with Gasteiger partial charge in [0.1, 0.15) is 0 Å². The number of amides is 1. The molecule has 1 aromatic rings. The third-order valence-electron chi connectivity index (χ3n) is 2.17. The largest absolute Gasteiger partial charge is 0.465 e. The van der Waals surface area contributed by atoms with Crippen LogP contribution in [0.5, 0.6) is 0 Å². The summed E-state index contributed by atoms with van der Waals surface area (Å²) in [6.45, 7) is -0.168. The van der Waals surface area contributed by atoms with E-state index in [9.17, 15) is 4.79 Å². The fourth-order valence-electron chi connectivity index (χ4n) is 1.37. The summed E-state index contributed by atoms with van der Waals surface area (Å²) in [7, 11) is 0. The zero-order chi connectivity index (χ0) is 11.1. The van der Waals surface area contributed by atoms with E-state index in [0.29, 0.717) is 6.42 Å². The molecule has 1 aromatic carbocycles. The van der Waals surface area contributed by atoms with Crippen LogP contribution in [0.25, 0.3) is 0 Å². The summed E-state index contributed by atoms with van der Waals surface area (Å²) in [5.74, 6) is 0. The van der Waals surface area contributed by atoms with Crippen molar-refractivity contribution in [1.82, 2.24) is 5.32 Å². The number of carbonyl (C=O) groups is 1. The molecule has 0 saturated carbocycles. The van der Waals surface area contributed by atoms with Crippen molar-refractivity contribution in [2.75, 3.05) is 6.61 Å². The molecular formula is C11H15NO3. The minimum atomic E-state index is -1.10. The van der Waals surface area contributed by atoms with Crippen LogP contribution in [0.3, 0.4) is 0 Å². The Morgan fingerprint density at radius 1 is 1.33 bits per heavy atom. The van der Waals surface area contributed by atoms with Crippen molar-refractivity contribution in [1.29, 1.82) is 0 Å². The number of benzene rings is 1. The molecule has 1 atom stereocenters. The van der Waals surface area contributed by atoms with Crippen molar-refractivity contribution in [2.45, 2.75) is 18.9 Å². The van der Waals surface area contributed by atoms with Crippen LogP contribution < -0.4 is 5.32 Å². The molecule has 15 heavy (non-hydrogen) atoms. The molecule has 0 bridgehead atoms. The molecule has 3 N–H and O–H groups in total. The number of nitrogens with one attached hydrogen (secondary N) is 1. The molecule has 0 fully saturated rings. The van der Waals surface area contributed by atoms with Crippen LogP contribution in [0.4, 0.5) is 4.79 Å². The highest BCUT2D eigenvalue weighted by Gasteiger charge is 2.09. The molecule has 82 valence electrons. The van der Waals surface area contributed by atoms with Gasteiger partial charge in [-0.1, -0.05) is 30.3 Å². The number of aliphatic hydroxyl groups is 1. The molecule has 4 nitrogen and oxygen atoms in total. The second-order valence-electron chi connectivity index (χ2n) is 3.35. The van der Waals surface area contributed by atoms with E-state index in [-0.39, 0.29) is 12.6 Å². The molecule has 0 aromatic heterocycles. The lowest BCUT2D eigenvalue weighted by atomic mass is 10.1. The summed E-state index contributed by atoms with van der Waals surface area (Å²) < 4.78 is 0. The molecule has 0 unspecified atom stereocenters. The van der Waals surface area contributed by atoms with Gasteiger partial charge in [0.2, 0.25) is 0 Å². The summed E-state index contributed by atoms with van der Waals surface area (Å²) in [6, 6.07) is 9.39. The highest BCUT2D eigenvalue weighted by Crippen LogP contribution is 2.04.